The van der Waals surface area contributed by atoms with Gasteiger partial charge >= 0.3 is 0 Å². The van der Waals surface area contributed by atoms with Crippen molar-refractivity contribution in [2.45, 2.75) is 6.92 Å². The van der Waals surface area contributed by atoms with Crippen molar-refractivity contribution in [2.24, 2.45) is 10.7 Å². The van der Waals surface area contributed by atoms with E-state index in [2.05, 4.69) is 27.5 Å². The number of nitrogens with zero attached hydrogens (tertiary/aromatic N) is 1. The Hall–Kier alpha value is -0.310. The molecule has 0 aromatic carbocycles. The lowest BCUT2D eigenvalue weighted by atomic mass is 10.3. The minimum atomic E-state index is 0.550. The van der Waals surface area contributed by atoms with Crippen molar-refractivity contribution in [1.29, 1.82) is 0 Å². The van der Waals surface area contributed by atoms with Crippen LogP contribution in [0.5, 0.6) is 0 Å². The van der Waals surface area contributed by atoms with E-state index in [0.717, 1.165) is 12.1 Å². The maximum Gasteiger partial charge on any atom is 0.121 e. The lowest BCUT2D eigenvalue weighted by Crippen LogP contribution is -2.15. The second-order valence-electron chi connectivity index (χ2n) is 1.60. The second-order valence-corrected chi connectivity index (χ2v) is 2.16. The van der Waals surface area contributed by atoms with E-state index in [4.69, 9.17) is 5.73 Å². The summed E-state index contributed by atoms with van der Waals surface area (Å²) in [7, 11) is 0. The predicted octanol–water partition coefficient (Wildman–Crippen LogP) is 1.31. The van der Waals surface area contributed by atoms with Gasteiger partial charge in [0.25, 0.3) is 0 Å². The number of aliphatic imine (C=N–C) groups is 1. The zero-order valence-corrected chi connectivity index (χ0v) is 7.11. The van der Waals surface area contributed by atoms with E-state index in [1.807, 2.05) is 6.92 Å². The maximum atomic E-state index is 5.46. The van der Waals surface area contributed by atoms with E-state index in [-0.39, 0.29) is 0 Å². The van der Waals surface area contributed by atoms with Crippen LogP contribution >= 0.6 is 15.9 Å². The zero-order chi connectivity index (χ0) is 7.28. The van der Waals surface area contributed by atoms with Gasteiger partial charge in [-0.25, -0.2) is 0 Å². The van der Waals surface area contributed by atoms with Gasteiger partial charge in [0, 0.05) is 11.9 Å². The summed E-state index contributed by atoms with van der Waals surface area (Å²) >= 11 is 3.22. The topological polar surface area (TPSA) is 38.4 Å². The van der Waals surface area contributed by atoms with Crippen LogP contribution in [-0.4, -0.2) is 17.7 Å². The molecule has 0 aliphatic carbocycles. The molecule has 0 fully saturated rings. The van der Waals surface area contributed by atoms with Gasteiger partial charge in [-0.15, -0.1) is 0 Å². The number of hydrogen-bond acceptors (Lipinski definition) is 1. The Balaban J connectivity index is 3.86. The summed E-state index contributed by atoms with van der Waals surface area (Å²) in [5.74, 6) is 0.550. The second kappa shape index (κ2) is 4.56. The number of alkyl halides is 1. The minimum Gasteiger partial charge on any atom is -0.384 e. The van der Waals surface area contributed by atoms with Crippen LogP contribution in [0.15, 0.2) is 17.1 Å². The number of hydrogen-bond donors (Lipinski definition) is 1. The molecule has 2 N–H and O–H groups in total. The maximum absolute atomic E-state index is 5.46. The average molecular weight is 191 g/mol. The van der Waals surface area contributed by atoms with Gasteiger partial charge < -0.3 is 5.73 Å². The van der Waals surface area contributed by atoms with Crippen molar-refractivity contribution in [3.05, 3.63) is 12.2 Å². The molecule has 0 aromatic rings. The molecule has 0 rings (SSSR count). The Morgan fingerprint density at radius 1 is 1.78 bits per heavy atom. The molecule has 9 heavy (non-hydrogen) atoms. The van der Waals surface area contributed by atoms with E-state index >= 15 is 0 Å². The molecule has 0 amide bonds. The molecule has 0 saturated heterocycles. The van der Waals surface area contributed by atoms with Crippen molar-refractivity contribution in [2.75, 3.05) is 11.9 Å². The Kier molecular flexibility index (Phi) is 4.40. The van der Waals surface area contributed by atoms with Crippen LogP contribution in [0, 0.1) is 0 Å². The first-order chi connectivity index (χ1) is 4.22. The van der Waals surface area contributed by atoms with Crippen LogP contribution in [0.2, 0.25) is 0 Å². The summed E-state index contributed by atoms with van der Waals surface area (Å²) in [5, 5.41) is 0.697. The highest BCUT2D eigenvalue weighted by molar-refractivity contribution is 9.09. The fourth-order valence-corrected chi connectivity index (χ4v) is 0.638. The first-order valence-electron chi connectivity index (χ1n) is 2.76. The Bertz CT molecular complexity index is 129. The average Bonchev–Trinajstić information content (AvgIpc) is 1.87. The van der Waals surface area contributed by atoms with Crippen LogP contribution in [0.3, 0.4) is 0 Å². The third kappa shape index (κ3) is 3.30. The normalized spacial score (nSPS) is 11.6. The molecule has 2 nitrogen and oxygen atoms in total. The number of rotatable bonds is 3. The zero-order valence-electron chi connectivity index (χ0n) is 5.52. The summed E-state index contributed by atoms with van der Waals surface area (Å²) in [4.78, 5) is 3.96. The van der Waals surface area contributed by atoms with Crippen LogP contribution in [0.1, 0.15) is 6.92 Å². The van der Waals surface area contributed by atoms with Gasteiger partial charge in [-0.3, -0.25) is 4.99 Å². The third-order valence-corrected chi connectivity index (χ3v) is 1.53. The molecule has 0 bridgehead atoms. The molecule has 0 saturated carbocycles. The van der Waals surface area contributed by atoms with E-state index in [9.17, 15) is 0 Å². The molecule has 0 aliphatic heterocycles. The van der Waals surface area contributed by atoms with E-state index in [0.29, 0.717) is 11.2 Å². The van der Waals surface area contributed by atoms with Gasteiger partial charge in [0.05, 0.1) is 0 Å². The molecule has 0 heterocycles. The van der Waals surface area contributed by atoms with Crippen LogP contribution < -0.4 is 5.73 Å². The molecule has 0 aromatic heterocycles. The molecular weight excluding hydrogens is 180 g/mol. The fraction of sp³-hybridized carbons (Fsp3) is 0.500. The first kappa shape index (κ1) is 8.69. The van der Waals surface area contributed by atoms with Gasteiger partial charge in [-0.1, -0.05) is 22.5 Å². The third-order valence-electron chi connectivity index (χ3n) is 0.852. The van der Waals surface area contributed by atoms with Crippen molar-refractivity contribution >= 4 is 21.8 Å². The fourth-order valence-electron chi connectivity index (χ4n) is 0.351. The quantitative estimate of drug-likeness (QED) is 0.407. The van der Waals surface area contributed by atoms with Crippen molar-refractivity contribution < 1.29 is 0 Å². The van der Waals surface area contributed by atoms with E-state index in [1.54, 1.807) is 0 Å². The Morgan fingerprint density at radius 3 is 2.67 bits per heavy atom. The van der Waals surface area contributed by atoms with Crippen molar-refractivity contribution in [1.82, 2.24) is 0 Å². The minimum absolute atomic E-state index is 0.550. The largest absolute Gasteiger partial charge is 0.384 e. The Labute approximate surface area is 64.0 Å². The summed E-state index contributed by atoms with van der Waals surface area (Å²) in [6, 6.07) is 0. The van der Waals surface area contributed by atoms with Crippen LogP contribution in [0.25, 0.3) is 0 Å². The standard InChI is InChI=1S/C6H11BrN2/c1-3-9-6(8)5(2)4-7/h2-4H2,1H3,(H2,8,9). The molecule has 0 spiro atoms. The summed E-state index contributed by atoms with van der Waals surface area (Å²) in [6.45, 7) is 6.35. The SMILES string of the molecule is C=C(CBr)C(N)=NCC. The monoisotopic (exact) mass is 190 g/mol. The number of amidine groups is 1. The lowest BCUT2D eigenvalue weighted by molar-refractivity contribution is 1.12. The molecule has 0 radical (unpaired) electrons. The van der Waals surface area contributed by atoms with Crippen LogP contribution in [-0.2, 0) is 0 Å². The molecule has 0 atom stereocenters. The lowest BCUT2D eigenvalue weighted by Gasteiger charge is -1.97. The van der Waals surface area contributed by atoms with Gasteiger partial charge in [-0.05, 0) is 12.5 Å². The van der Waals surface area contributed by atoms with Gasteiger partial charge in [0.15, 0.2) is 0 Å². The van der Waals surface area contributed by atoms with Crippen molar-refractivity contribution in [3.63, 3.8) is 0 Å². The number of nitrogens with two attached hydrogens (primary N) is 1. The number of halogens is 1. The first-order valence-corrected chi connectivity index (χ1v) is 3.88. The highest BCUT2D eigenvalue weighted by atomic mass is 79.9. The molecule has 0 unspecified atom stereocenters. The molecule has 0 aliphatic rings. The molecule has 3 heteroatoms. The van der Waals surface area contributed by atoms with E-state index in [1.165, 1.54) is 0 Å². The van der Waals surface area contributed by atoms with Crippen LogP contribution in [0.4, 0.5) is 0 Å². The summed E-state index contributed by atoms with van der Waals surface area (Å²) in [6.07, 6.45) is 0. The summed E-state index contributed by atoms with van der Waals surface area (Å²) < 4.78 is 0. The molecule has 52 valence electrons. The molecular formula is C6H11BrN2. The Morgan fingerprint density at radius 2 is 2.33 bits per heavy atom. The summed E-state index contributed by atoms with van der Waals surface area (Å²) in [5.41, 5.74) is 6.30. The predicted molar refractivity (Wildman–Crippen MR) is 45.1 cm³/mol. The van der Waals surface area contributed by atoms with Gasteiger partial charge in [0.2, 0.25) is 0 Å². The van der Waals surface area contributed by atoms with Crippen molar-refractivity contribution in [3.8, 4) is 0 Å². The smallest absolute Gasteiger partial charge is 0.121 e. The highest BCUT2D eigenvalue weighted by Crippen LogP contribution is 1.95. The van der Waals surface area contributed by atoms with E-state index < -0.39 is 0 Å². The van der Waals surface area contributed by atoms with Gasteiger partial charge in [0.1, 0.15) is 5.84 Å². The van der Waals surface area contributed by atoms with Gasteiger partial charge in [-0.2, -0.15) is 0 Å². The highest BCUT2D eigenvalue weighted by Gasteiger charge is 1.93.